The zero-order valence-corrected chi connectivity index (χ0v) is 11.4. The van der Waals surface area contributed by atoms with Crippen molar-refractivity contribution in [2.75, 3.05) is 0 Å². The van der Waals surface area contributed by atoms with Gasteiger partial charge in [-0.2, -0.15) is 0 Å². The van der Waals surface area contributed by atoms with Gasteiger partial charge in [-0.1, -0.05) is 67.7 Å². The highest BCUT2D eigenvalue weighted by molar-refractivity contribution is 4.70. The van der Waals surface area contributed by atoms with Crippen molar-refractivity contribution in [3.63, 3.8) is 0 Å². The fraction of sp³-hybridized carbons (Fsp3) is 1.00. The summed E-state index contributed by atoms with van der Waals surface area (Å²) < 4.78 is 0. The first-order valence-corrected chi connectivity index (χ1v) is 6.13. The third-order valence-corrected chi connectivity index (χ3v) is 3.29. The van der Waals surface area contributed by atoms with Crippen LogP contribution in [0.1, 0.15) is 74.1 Å². The van der Waals surface area contributed by atoms with E-state index in [0.717, 1.165) is 5.92 Å². The van der Waals surface area contributed by atoms with E-state index in [1.165, 1.54) is 25.7 Å². The molecule has 0 radical (unpaired) electrons. The van der Waals surface area contributed by atoms with E-state index in [9.17, 15) is 0 Å². The average molecular weight is 198 g/mol. The largest absolute Gasteiger partial charge is 0.0620 e. The molecule has 0 nitrogen and oxygen atoms in total. The highest BCUT2D eigenvalue weighted by atomic mass is 14.2. The lowest BCUT2D eigenvalue weighted by atomic mass is 9.78. The summed E-state index contributed by atoms with van der Waals surface area (Å²) in [6.07, 6.45) is 5.54. The van der Waals surface area contributed by atoms with E-state index in [1.807, 2.05) is 0 Å². The predicted molar refractivity (Wildman–Crippen MR) is 66.5 cm³/mol. The molecule has 0 aliphatic heterocycles. The number of hydrogen-bond acceptors (Lipinski definition) is 0. The third-order valence-electron chi connectivity index (χ3n) is 3.29. The van der Waals surface area contributed by atoms with E-state index in [-0.39, 0.29) is 0 Å². The molecular formula is C14H30. The molecule has 0 aliphatic carbocycles. The van der Waals surface area contributed by atoms with Gasteiger partial charge in [-0.05, 0) is 23.2 Å². The molecule has 0 aromatic carbocycles. The molecular weight excluding hydrogens is 168 g/mol. The van der Waals surface area contributed by atoms with Crippen LogP contribution in [0, 0.1) is 16.7 Å². The smallest absolute Gasteiger partial charge is 0.0357 e. The molecule has 0 aromatic heterocycles. The second-order valence-corrected chi connectivity index (χ2v) is 7.07. The Hall–Kier alpha value is 0. The number of unbranched alkanes of at least 4 members (excludes halogenated alkanes) is 1. The molecule has 0 saturated carbocycles. The topological polar surface area (TPSA) is 0 Å². The third kappa shape index (κ3) is 7.41. The summed E-state index contributed by atoms with van der Waals surface area (Å²) in [7, 11) is 0. The van der Waals surface area contributed by atoms with Crippen LogP contribution in [0.25, 0.3) is 0 Å². The first-order valence-electron chi connectivity index (χ1n) is 6.13. The van der Waals surface area contributed by atoms with Crippen molar-refractivity contribution in [3.05, 3.63) is 0 Å². The molecule has 0 rings (SSSR count). The molecule has 0 N–H and O–H groups in total. The summed E-state index contributed by atoms with van der Waals surface area (Å²) in [4.78, 5) is 0. The van der Waals surface area contributed by atoms with E-state index in [0.29, 0.717) is 10.8 Å². The van der Waals surface area contributed by atoms with Gasteiger partial charge in [0.25, 0.3) is 0 Å². The van der Waals surface area contributed by atoms with E-state index in [2.05, 4.69) is 48.5 Å². The molecule has 0 bridgehead atoms. The molecule has 0 heteroatoms. The van der Waals surface area contributed by atoms with Crippen LogP contribution in [0.2, 0.25) is 0 Å². The average Bonchev–Trinajstić information content (AvgIpc) is 1.93. The SMILES string of the molecule is CC(CCCCC(C)(C)C)C(C)(C)C. The molecule has 0 heterocycles. The van der Waals surface area contributed by atoms with Crippen LogP contribution >= 0.6 is 0 Å². The molecule has 0 saturated heterocycles. The van der Waals surface area contributed by atoms with Gasteiger partial charge < -0.3 is 0 Å². The normalized spacial score (nSPS) is 15.6. The van der Waals surface area contributed by atoms with Gasteiger partial charge in [0.15, 0.2) is 0 Å². The first-order chi connectivity index (χ1) is 6.13. The highest BCUT2D eigenvalue weighted by Gasteiger charge is 2.19. The van der Waals surface area contributed by atoms with Crippen molar-refractivity contribution >= 4 is 0 Å². The Kier molecular flexibility index (Phi) is 5.19. The van der Waals surface area contributed by atoms with E-state index in [4.69, 9.17) is 0 Å². The van der Waals surface area contributed by atoms with Gasteiger partial charge >= 0.3 is 0 Å². The fourth-order valence-electron chi connectivity index (χ4n) is 1.54. The zero-order chi connectivity index (χ0) is 11.4. The summed E-state index contributed by atoms with van der Waals surface area (Å²) >= 11 is 0. The van der Waals surface area contributed by atoms with Crippen molar-refractivity contribution in [1.29, 1.82) is 0 Å². The van der Waals surface area contributed by atoms with E-state index < -0.39 is 0 Å². The lowest BCUT2D eigenvalue weighted by molar-refractivity contribution is 0.236. The fourth-order valence-corrected chi connectivity index (χ4v) is 1.54. The summed E-state index contributed by atoms with van der Waals surface area (Å²) in [5, 5.41) is 0. The van der Waals surface area contributed by atoms with Gasteiger partial charge in [0.1, 0.15) is 0 Å². The van der Waals surface area contributed by atoms with Gasteiger partial charge in [-0.25, -0.2) is 0 Å². The molecule has 0 amide bonds. The summed E-state index contributed by atoms with van der Waals surface area (Å²) in [6, 6.07) is 0. The first kappa shape index (κ1) is 14.0. The van der Waals surface area contributed by atoms with Crippen molar-refractivity contribution in [1.82, 2.24) is 0 Å². The quantitative estimate of drug-likeness (QED) is 0.539. The van der Waals surface area contributed by atoms with Crippen LogP contribution in [0.3, 0.4) is 0 Å². The van der Waals surface area contributed by atoms with E-state index in [1.54, 1.807) is 0 Å². The Morgan fingerprint density at radius 1 is 0.857 bits per heavy atom. The Morgan fingerprint density at radius 3 is 1.71 bits per heavy atom. The van der Waals surface area contributed by atoms with Gasteiger partial charge in [-0.15, -0.1) is 0 Å². The molecule has 0 aliphatic rings. The van der Waals surface area contributed by atoms with Gasteiger partial charge in [0.2, 0.25) is 0 Å². The Balaban J connectivity index is 3.56. The summed E-state index contributed by atoms with van der Waals surface area (Å²) in [5.41, 5.74) is 1.01. The highest BCUT2D eigenvalue weighted by Crippen LogP contribution is 2.30. The molecule has 0 spiro atoms. The van der Waals surface area contributed by atoms with Crippen LogP contribution in [-0.2, 0) is 0 Å². The molecule has 86 valence electrons. The standard InChI is InChI=1S/C14H30/c1-12(14(5,6)7)10-8-9-11-13(2,3)4/h12H,8-11H2,1-7H3. The zero-order valence-electron chi connectivity index (χ0n) is 11.4. The summed E-state index contributed by atoms with van der Waals surface area (Å²) in [5.74, 6) is 0.850. The maximum Gasteiger partial charge on any atom is -0.0357 e. The number of hydrogen-bond donors (Lipinski definition) is 0. The maximum atomic E-state index is 2.39. The molecule has 0 aromatic rings. The minimum atomic E-state index is 0.488. The van der Waals surface area contributed by atoms with Crippen molar-refractivity contribution in [3.8, 4) is 0 Å². The van der Waals surface area contributed by atoms with Gasteiger partial charge in [-0.3, -0.25) is 0 Å². The Bertz CT molecular complexity index is 142. The van der Waals surface area contributed by atoms with Crippen LogP contribution in [0.15, 0.2) is 0 Å². The Morgan fingerprint density at radius 2 is 1.36 bits per heavy atom. The minimum Gasteiger partial charge on any atom is -0.0620 e. The van der Waals surface area contributed by atoms with Crippen LogP contribution < -0.4 is 0 Å². The predicted octanol–water partition coefficient (Wildman–Crippen LogP) is 5.28. The maximum absolute atomic E-state index is 2.39. The molecule has 14 heavy (non-hydrogen) atoms. The lowest BCUT2D eigenvalue weighted by Gasteiger charge is -2.27. The van der Waals surface area contributed by atoms with Crippen molar-refractivity contribution < 1.29 is 0 Å². The number of rotatable bonds is 4. The second kappa shape index (κ2) is 5.19. The van der Waals surface area contributed by atoms with Gasteiger partial charge in [0, 0.05) is 0 Å². The van der Waals surface area contributed by atoms with Crippen molar-refractivity contribution in [2.45, 2.75) is 74.1 Å². The van der Waals surface area contributed by atoms with Gasteiger partial charge in [0.05, 0.1) is 0 Å². The van der Waals surface area contributed by atoms with E-state index >= 15 is 0 Å². The lowest BCUT2D eigenvalue weighted by Crippen LogP contribution is -2.17. The van der Waals surface area contributed by atoms with Crippen LogP contribution in [0.5, 0.6) is 0 Å². The molecule has 0 fully saturated rings. The monoisotopic (exact) mass is 198 g/mol. The van der Waals surface area contributed by atoms with Crippen molar-refractivity contribution in [2.24, 2.45) is 16.7 Å². The van der Waals surface area contributed by atoms with Crippen LogP contribution in [0.4, 0.5) is 0 Å². The second-order valence-electron chi connectivity index (χ2n) is 7.07. The van der Waals surface area contributed by atoms with Crippen LogP contribution in [-0.4, -0.2) is 0 Å². The minimum absolute atomic E-state index is 0.488. The molecule has 1 unspecified atom stereocenters. The Labute approximate surface area is 91.5 Å². The molecule has 1 atom stereocenters. The summed E-state index contributed by atoms with van der Waals surface area (Å²) in [6.45, 7) is 16.4.